The Kier molecular flexibility index (Phi) is 6.16. The van der Waals surface area contributed by atoms with E-state index in [1.165, 1.54) is 13.8 Å². The highest BCUT2D eigenvalue weighted by Crippen LogP contribution is 2.46. The second-order valence-corrected chi connectivity index (χ2v) is 5.26. The lowest BCUT2D eigenvalue weighted by Gasteiger charge is -2.23. The van der Waals surface area contributed by atoms with E-state index in [-0.39, 0.29) is 5.56 Å². The minimum atomic E-state index is -5.62. The number of ether oxygens (including phenoxy) is 3. The van der Waals surface area contributed by atoms with Gasteiger partial charge in [-0.1, -0.05) is 13.8 Å². The van der Waals surface area contributed by atoms with Crippen molar-refractivity contribution < 1.29 is 53.7 Å². The lowest BCUT2D eigenvalue weighted by Crippen LogP contribution is -2.25. The highest BCUT2D eigenvalue weighted by atomic mass is 19.4. The minimum Gasteiger partial charge on any atom is -0.402 e. The lowest BCUT2D eigenvalue weighted by atomic mass is 9.96. The van der Waals surface area contributed by atoms with Crippen molar-refractivity contribution in [1.82, 2.24) is 0 Å². The number of hydrogen-bond donors (Lipinski definition) is 1. The number of nitrogens with two attached hydrogens (primary N) is 1. The van der Waals surface area contributed by atoms with Gasteiger partial charge in [0, 0.05) is 6.04 Å². The third kappa shape index (κ3) is 7.06. The topological polar surface area (TPSA) is 53.7 Å². The Hall–Kier alpha value is -2.05. The monoisotopic (exact) mass is 401 g/mol. The Morgan fingerprint density at radius 1 is 0.731 bits per heavy atom. The van der Waals surface area contributed by atoms with Gasteiger partial charge in [0.1, 0.15) is 0 Å². The predicted octanol–water partition coefficient (Wildman–Crippen LogP) is 5.04. The van der Waals surface area contributed by atoms with Gasteiger partial charge in [-0.3, -0.25) is 0 Å². The second kappa shape index (κ2) is 7.29. The molecule has 0 radical (unpaired) electrons. The maximum absolute atomic E-state index is 12.5. The third-order valence-electron chi connectivity index (χ3n) is 2.82. The quantitative estimate of drug-likeness (QED) is 0.703. The number of rotatable bonds is 5. The molecule has 0 bridgehead atoms. The molecule has 26 heavy (non-hydrogen) atoms. The first-order chi connectivity index (χ1) is 11.5. The molecule has 0 aliphatic carbocycles. The van der Waals surface area contributed by atoms with Crippen LogP contribution in [-0.4, -0.2) is 19.1 Å². The van der Waals surface area contributed by atoms with E-state index in [2.05, 4.69) is 14.2 Å². The molecule has 0 saturated heterocycles. The first-order valence-corrected chi connectivity index (χ1v) is 6.69. The first-order valence-electron chi connectivity index (χ1n) is 6.69. The van der Waals surface area contributed by atoms with Crippen LogP contribution in [0.25, 0.3) is 0 Å². The SMILES string of the molecule is CC(C)C(N)c1cc(OC(F)(F)F)c(OC(F)(F)F)c(OC(F)(F)F)c1. The molecule has 0 aliphatic heterocycles. The van der Waals surface area contributed by atoms with Crippen LogP contribution in [-0.2, 0) is 0 Å². The van der Waals surface area contributed by atoms with Crippen LogP contribution in [0.15, 0.2) is 12.1 Å². The highest BCUT2D eigenvalue weighted by Gasteiger charge is 2.41. The number of alkyl halides is 9. The molecule has 1 unspecified atom stereocenters. The Morgan fingerprint density at radius 3 is 1.35 bits per heavy atom. The van der Waals surface area contributed by atoms with Crippen LogP contribution in [0.2, 0.25) is 0 Å². The Morgan fingerprint density at radius 2 is 1.08 bits per heavy atom. The molecule has 13 heteroatoms. The smallest absolute Gasteiger partial charge is 0.402 e. The Labute approximate surface area is 140 Å². The van der Waals surface area contributed by atoms with E-state index in [1.54, 1.807) is 0 Å². The van der Waals surface area contributed by atoms with Crippen molar-refractivity contribution >= 4 is 0 Å². The van der Waals surface area contributed by atoms with Crippen molar-refractivity contribution in [3.8, 4) is 17.2 Å². The van der Waals surface area contributed by atoms with Crippen LogP contribution in [0.5, 0.6) is 17.2 Å². The van der Waals surface area contributed by atoms with Crippen LogP contribution in [0, 0.1) is 5.92 Å². The van der Waals surface area contributed by atoms with Crippen LogP contribution in [0.1, 0.15) is 25.5 Å². The van der Waals surface area contributed by atoms with Crippen LogP contribution in [0.3, 0.4) is 0 Å². The second-order valence-electron chi connectivity index (χ2n) is 5.26. The molecule has 1 rings (SSSR count). The van der Waals surface area contributed by atoms with Crippen molar-refractivity contribution in [2.24, 2.45) is 11.7 Å². The zero-order valence-electron chi connectivity index (χ0n) is 13.0. The van der Waals surface area contributed by atoms with E-state index in [1.807, 2.05) is 0 Å². The van der Waals surface area contributed by atoms with Gasteiger partial charge in [0.2, 0.25) is 5.75 Å². The van der Waals surface area contributed by atoms with Gasteiger partial charge >= 0.3 is 19.1 Å². The molecule has 0 amide bonds. The molecule has 1 aromatic rings. The number of halogens is 9. The molecule has 0 heterocycles. The van der Waals surface area contributed by atoms with Gasteiger partial charge in [-0.05, 0) is 23.6 Å². The molecule has 0 aromatic heterocycles. The summed E-state index contributed by atoms with van der Waals surface area (Å²) in [5.41, 5.74) is 5.26. The summed E-state index contributed by atoms with van der Waals surface area (Å²) in [5.74, 6) is -5.78. The molecule has 2 N–H and O–H groups in total. The fourth-order valence-corrected chi connectivity index (χ4v) is 1.79. The molecule has 0 aliphatic rings. The number of benzene rings is 1. The average molecular weight is 401 g/mol. The third-order valence-corrected chi connectivity index (χ3v) is 2.82. The van der Waals surface area contributed by atoms with E-state index >= 15 is 0 Å². The fraction of sp³-hybridized carbons (Fsp3) is 0.538. The van der Waals surface area contributed by atoms with Gasteiger partial charge in [0.25, 0.3) is 0 Å². The zero-order valence-corrected chi connectivity index (χ0v) is 13.0. The summed E-state index contributed by atoms with van der Waals surface area (Å²) in [5, 5.41) is 0. The molecular formula is C13H12F9NO3. The standard InChI is InChI=1S/C13H12F9NO3/c1-5(2)9(23)6-3-7(24-11(14,15)16)10(26-13(20,21)22)8(4-6)25-12(17,18)19/h3-5,9H,23H2,1-2H3. The van der Waals surface area contributed by atoms with E-state index in [9.17, 15) is 39.5 Å². The van der Waals surface area contributed by atoms with E-state index < -0.39 is 48.3 Å². The first kappa shape index (κ1) is 22.0. The van der Waals surface area contributed by atoms with E-state index in [0.29, 0.717) is 12.1 Å². The summed E-state index contributed by atoms with van der Waals surface area (Å²) >= 11 is 0. The normalized spacial score (nSPS) is 14.3. The summed E-state index contributed by atoms with van der Waals surface area (Å²) in [6.45, 7) is 2.97. The van der Waals surface area contributed by atoms with Crippen molar-refractivity contribution in [1.29, 1.82) is 0 Å². The molecule has 150 valence electrons. The fourth-order valence-electron chi connectivity index (χ4n) is 1.79. The van der Waals surface area contributed by atoms with Crippen molar-refractivity contribution in [3.63, 3.8) is 0 Å². The summed E-state index contributed by atoms with van der Waals surface area (Å²) in [4.78, 5) is 0. The summed E-state index contributed by atoms with van der Waals surface area (Å²) in [6.07, 6.45) is -16.6. The van der Waals surface area contributed by atoms with Crippen LogP contribution >= 0.6 is 0 Å². The van der Waals surface area contributed by atoms with E-state index in [0.717, 1.165) is 0 Å². The van der Waals surface area contributed by atoms with Crippen LogP contribution < -0.4 is 19.9 Å². The van der Waals surface area contributed by atoms with Crippen molar-refractivity contribution in [3.05, 3.63) is 17.7 Å². The van der Waals surface area contributed by atoms with Gasteiger partial charge < -0.3 is 19.9 Å². The Bertz CT molecular complexity index is 586. The average Bonchev–Trinajstić information content (AvgIpc) is 2.36. The largest absolute Gasteiger partial charge is 0.573 e. The van der Waals surface area contributed by atoms with Crippen LogP contribution in [0.4, 0.5) is 39.5 Å². The summed E-state index contributed by atoms with van der Waals surface area (Å²) in [6, 6.07) is -0.314. The van der Waals surface area contributed by atoms with Gasteiger partial charge in [-0.25, -0.2) is 0 Å². The Balaban J connectivity index is 3.62. The summed E-state index contributed by atoms with van der Waals surface area (Å²) in [7, 11) is 0. The maximum atomic E-state index is 12.5. The number of hydrogen-bond acceptors (Lipinski definition) is 4. The molecule has 0 saturated carbocycles. The molecular weight excluding hydrogens is 389 g/mol. The van der Waals surface area contributed by atoms with Gasteiger partial charge in [0.05, 0.1) is 0 Å². The molecule has 1 aromatic carbocycles. The highest BCUT2D eigenvalue weighted by molar-refractivity contribution is 5.55. The molecule has 1 atom stereocenters. The van der Waals surface area contributed by atoms with Crippen molar-refractivity contribution in [2.45, 2.75) is 39.0 Å². The van der Waals surface area contributed by atoms with Gasteiger partial charge in [-0.15, -0.1) is 39.5 Å². The zero-order chi connectivity index (χ0) is 20.5. The lowest BCUT2D eigenvalue weighted by molar-refractivity contribution is -0.293. The maximum Gasteiger partial charge on any atom is 0.573 e. The van der Waals surface area contributed by atoms with Gasteiger partial charge in [0.15, 0.2) is 11.5 Å². The predicted molar refractivity (Wildman–Crippen MR) is 68.3 cm³/mol. The minimum absolute atomic E-state index is 0.381. The molecule has 4 nitrogen and oxygen atoms in total. The summed E-state index contributed by atoms with van der Waals surface area (Å²) < 4.78 is 122. The van der Waals surface area contributed by atoms with E-state index in [4.69, 9.17) is 5.73 Å². The van der Waals surface area contributed by atoms with Gasteiger partial charge in [-0.2, -0.15) is 0 Å². The molecule has 0 spiro atoms. The molecule has 0 fully saturated rings. The van der Waals surface area contributed by atoms with Crippen molar-refractivity contribution in [2.75, 3.05) is 0 Å².